The number of hydrogen-bond donors (Lipinski definition) is 3. The zero-order valence-corrected chi connectivity index (χ0v) is 21.4. The van der Waals surface area contributed by atoms with Gasteiger partial charge in [-0.2, -0.15) is 0 Å². The van der Waals surface area contributed by atoms with Gasteiger partial charge in [0.25, 0.3) is 0 Å². The van der Waals surface area contributed by atoms with Crippen LogP contribution in [0.2, 0.25) is 0 Å². The van der Waals surface area contributed by atoms with Gasteiger partial charge in [-0.05, 0) is 25.7 Å². The molecule has 5 heteroatoms. The molecule has 0 aliphatic carbocycles. The van der Waals surface area contributed by atoms with E-state index in [0.717, 1.165) is 25.8 Å². The Labute approximate surface area is 199 Å². The molecule has 0 saturated heterocycles. The number of aliphatic hydroxyl groups excluding tert-OH is 2. The summed E-state index contributed by atoms with van der Waals surface area (Å²) in [4.78, 5) is 12.0. The average Bonchev–Trinajstić information content (AvgIpc) is 2.77. The van der Waals surface area contributed by atoms with Gasteiger partial charge in [-0.15, -0.1) is 0 Å². The fourth-order valence-electron chi connectivity index (χ4n) is 4.62. The van der Waals surface area contributed by atoms with E-state index in [-0.39, 0.29) is 19.4 Å². The minimum absolute atomic E-state index is 0.0808. The molecule has 0 fully saturated rings. The quantitative estimate of drug-likeness (QED) is 0.182. The molecular formula is C27H55NO4. The topological polar surface area (TPSA) is 85.0 Å². The second-order valence-corrected chi connectivity index (χ2v) is 9.91. The molecule has 0 radical (unpaired) electrons. The van der Waals surface area contributed by atoms with Crippen LogP contribution in [0.3, 0.4) is 0 Å². The van der Waals surface area contributed by atoms with Crippen molar-refractivity contribution in [2.24, 2.45) is 0 Å². The van der Waals surface area contributed by atoms with Crippen LogP contribution < -0.4 is 10.0 Å². The van der Waals surface area contributed by atoms with Gasteiger partial charge in [-0.1, -0.05) is 96.8 Å². The van der Waals surface area contributed by atoms with Gasteiger partial charge in [0.1, 0.15) is 0 Å². The van der Waals surface area contributed by atoms with E-state index < -0.39 is 12.1 Å². The van der Waals surface area contributed by atoms with Crippen molar-refractivity contribution in [2.75, 3.05) is 20.2 Å². The van der Waals surface area contributed by atoms with Crippen molar-refractivity contribution < 1.29 is 25.0 Å². The number of carboxylic acids is 1. The molecule has 0 spiro atoms. The van der Waals surface area contributed by atoms with Crippen LogP contribution in [0.15, 0.2) is 0 Å². The zero-order chi connectivity index (χ0) is 23.9. The van der Waals surface area contributed by atoms with E-state index in [4.69, 9.17) is 5.11 Å². The van der Waals surface area contributed by atoms with Crippen molar-refractivity contribution in [3.05, 3.63) is 0 Å². The summed E-state index contributed by atoms with van der Waals surface area (Å²) in [7, 11) is 2.12. The summed E-state index contributed by atoms with van der Waals surface area (Å²) in [5.41, 5.74) is 0. The van der Waals surface area contributed by atoms with E-state index in [2.05, 4.69) is 14.0 Å². The summed E-state index contributed by atoms with van der Waals surface area (Å²) in [5.74, 6) is -1.09. The van der Waals surface area contributed by atoms with Crippen molar-refractivity contribution in [1.82, 2.24) is 0 Å². The van der Waals surface area contributed by atoms with Crippen molar-refractivity contribution in [2.45, 2.75) is 147 Å². The molecule has 0 aromatic carbocycles. The predicted octanol–water partition coefficient (Wildman–Crippen LogP) is 3.79. The first-order valence-corrected chi connectivity index (χ1v) is 13.8. The molecule has 192 valence electrons. The SMILES string of the molecule is CCCCCCCCCCCCCCCCCC(CC(O)CCC(=O)[O-])[NH+](C)CCCO. The molecule has 0 rings (SSSR count). The van der Waals surface area contributed by atoms with Gasteiger partial charge in [0.15, 0.2) is 0 Å². The highest BCUT2D eigenvalue weighted by atomic mass is 16.4. The van der Waals surface area contributed by atoms with Crippen LogP contribution in [-0.2, 0) is 4.79 Å². The lowest BCUT2D eigenvalue weighted by Crippen LogP contribution is -3.13. The molecule has 3 N–H and O–H groups in total. The highest BCUT2D eigenvalue weighted by molar-refractivity contribution is 5.64. The van der Waals surface area contributed by atoms with E-state index in [1.807, 2.05) is 0 Å². The summed E-state index contributed by atoms with van der Waals surface area (Å²) in [5, 5.41) is 30.0. The van der Waals surface area contributed by atoms with Crippen molar-refractivity contribution >= 4 is 5.97 Å². The number of quaternary nitrogens is 1. The van der Waals surface area contributed by atoms with Gasteiger partial charge < -0.3 is 25.0 Å². The van der Waals surface area contributed by atoms with E-state index in [1.165, 1.54) is 94.8 Å². The van der Waals surface area contributed by atoms with Crippen LogP contribution in [0.1, 0.15) is 135 Å². The molecule has 0 bridgehead atoms. The van der Waals surface area contributed by atoms with Crippen LogP contribution in [0.5, 0.6) is 0 Å². The molecule has 0 amide bonds. The minimum atomic E-state index is -1.09. The zero-order valence-electron chi connectivity index (χ0n) is 21.4. The Morgan fingerprint density at radius 1 is 0.781 bits per heavy atom. The highest BCUT2D eigenvalue weighted by Gasteiger charge is 2.21. The Morgan fingerprint density at radius 2 is 1.25 bits per heavy atom. The van der Waals surface area contributed by atoms with Crippen LogP contribution in [0, 0.1) is 0 Å². The maximum absolute atomic E-state index is 10.6. The van der Waals surface area contributed by atoms with Gasteiger partial charge in [0, 0.05) is 25.4 Å². The molecule has 32 heavy (non-hydrogen) atoms. The number of unbranched alkanes of at least 4 members (excludes halogenated alkanes) is 14. The van der Waals surface area contributed by atoms with E-state index >= 15 is 0 Å². The first-order valence-electron chi connectivity index (χ1n) is 13.8. The third-order valence-electron chi connectivity index (χ3n) is 6.82. The van der Waals surface area contributed by atoms with Gasteiger partial charge in [0.2, 0.25) is 0 Å². The minimum Gasteiger partial charge on any atom is -0.550 e. The number of hydrogen-bond acceptors (Lipinski definition) is 4. The lowest BCUT2D eigenvalue weighted by atomic mass is 9.97. The number of rotatable bonds is 25. The Balaban J connectivity index is 3.78. The van der Waals surface area contributed by atoms with Gasteiger partial charge in [0.05, 0.1) is 25.7 Å². The predicted molar refractivity (Wildman–Crippen MR) is 132 cm³/mol. The molecule has 0 aromatic rings. The fourth-order valence-corrected chi connectivity index (χ4v) is 4.62. The monoisotopic (exact) mass is 457 g/mol. The smallest absolute Gasteiger partial charge is 0.0897 e. The normalized spacial score (nSPS) is 14.4. The molecule has 0 aromatic heterocycles. The summed E-state index contributed by atoms with van der Waals surface area (Å²) >= 11 is 0. The van der Waals surface area contributed by atoms with Gasteiger partial charge >= 0.3 is 0 Å². The lowest BCUT2D eigenvalue weighted by Gasteiger charge is -2.27. The molecule has 0 saturated carbocycles. The first-order chi connectivity index (χ1) is 15.5. The fraction of sp³-hybridized carbons (Fsp3) is 0.963. The highest BCUT2D eigenvalue weighted by Crippen LogP contribution is 2.15. The molecule has 0 aliphatic rings. The Bertz CT molecular complexity index is 405. The molecule has 3 unspecified atom stereocenters. The molecule has 0 aliphatic heterocycles. The van der Waals surface area contributed by atoms with Crippen molar-refractivity contribution in [3.63, 3.8) is 0 Å². The Hall–Kier alpha value is -0.650. The first kappa shape index (κ1) is 31.4. The third kappa shape index (κ3) is 21.2. The Morgan fingerprint density at radius 3 is 1.69 bits per heavy atom. The maximum Gasteiger partial charge on any atom is 0.0897 e. The molecule has 3 atom stereocenters. The molecule has 5 nitrogen and oxygen atoms in total. The number of carboxylic acid groups (broad SMARTS) is 1. The second kappa shape index (κ2) is 23.5. The maximum atomic E-state index is 10.6. The summed E-state index contributed by atoms with van der Waals surface area (Å²) in [6.45, 7) is 3.34. The van der Waals surface area contributed by atoms with Crippen molar-refractivity contribution in [3.8, 4) is 0 Å². The Kier molecular flexibility index (Phi) is 23.0. The second-order valence-electron chi connectivity index (χ2n) is 9.91. The van der Waals surface area contributed by atoms with E-state index in [9.17, 15) is 15.0 Å². The van der Waals surface area contributed by atoms with Crippen LogP contribution >= 0.6 is 0 Å². The van der Waals surface area contributed by atoms with E-state index in [1.54, 1.807) is 0 Å². The number of aliphatic carboxylic acids is 1. The lowest BCUT2D eigenvalue weighted by molar-refractivity contribution is -0.907. The summed E-state index contributed by atoms with van der Waals surface area (Å²) < 4.78 is 0. The summed E-state index contributed by atoms with van der Waals surface area (Å²) in [6.07, 6.45) is 22.4. The number of nitrogens with one attached hydrogen (secondary N) is 1. The number of aliphatic hydroxyl groups is 2. The molecular weight excluding hydrogens is 402 g/mol. The standard InChI is InChI=1S/C27H55NO4/c1-3-4-5-6-7-8-9-10-11-12-13-14-15-16-17-19-25(28(2)22-18-23-29)24-26(30)20-21-27(31)32/h25-26,29-30H,3-24H2,1-2H3,(H,31,32). The average molecular weight is 458 g/mol. The summed E-state index contributed by atoms with van der Waals surface area (Å²) in [6, 6.07) is 0.320. The third-order valence-corrected chi connectivity index (χ3v) is 6.82. The van der Waals surface area contributed by atoms with Gasteiger partial charge in [-0.3, -0.25) is 0 Å². The number of carbonyl (C=O) groups excluding carboxylic acids is 1. The van der Waals surface area contributed by atoms with Crippen LogP contribution in [0.25, 0.3) is 0 Å². The van der Waals surface area contributed by atoms with Crippen LogP contribution in [-0.4, -0.2) is 48.5 Å². The number of carbonyl (C=O) groups is 1. The van der Waals surface area contributed by atoms with Crippen molar-refractivity contribution in [1.29, 1.82) is 0 Å². The molecule has 0 heterocycles. The van der Waals surface area contributed by atoms with E-state index in [0.29, 0.717) is 12.5 Å². The largest absolute Gasteiger partial charge is 0.550 e. The van der Waals surface area contributed by atoms with Gasteiger partial charge in [-0.25, -0.2) is 0 Å². The van der Waals surface area contributed by atoms with Crippen LogP contribution in [0.4, 0.5) is 0 Å².